The first-order chi connectivity index (χ1) is 9.74. The zero-order valence-corrected chi connectivity index (χ0v) is 12.4. The Balaban J connectivity index is 1.37. The summed E-state index contributed by atoms with van der Waals surface area (Å²) in [6.45, 7) is 7.35. The lowest BCUT2D eigenvalue weighted by Crippen LogP contribution is -2.30. The van der Waals surface area contributed by atoms with Crippen molar-refractivity contribution in [2.75, 3.05) is 13.1 Å². The first-order valence-electron chi connectivity index (χ1n) is 7.53. The van der Waals surface area contributed by atoms with E-state index in [1.54, 1.807) is 5.56 Å². The van der Waals surface area contributed by atoms with E-state index >= 15 is 0 Å². The van der Waals surface area contributed by atoms with Crippen LogP contribution in [0.5, 0.6) is 0 Å². The molecule has 0 bridgehead atoms. The molecule has 0 fully saturated rings. The van der Waals surface area contributed by atoms with Gasteiger partial charge in [0, 0.05) is 24.7 Å². The number of aryl methyl sites for hydroxylation is 3. The van der Waals surface area contributed by atoms with Crippen LogP contribution in [0.4, 0.5) is 0 Å². The number of aromatic nitrogens is 2. The molecule has 0 radical (unpaired) electrons. The minimum atomic E-state index is 0.722. The quantitative estimate of drug-likeness (QED) is 0.817. The highest BCUT2D eigenvalue weighted by molar-refractivity contribution is 5.40. The predicted molar refractivity (Wildman–Crippen MR) is 82.1 cm³/mol. The molecule has 0 saturated heterocycles. The predicted octanol–water partition coefficient (Wildman–Crippen LogP) is 2.82. The third-order valence-corrected chi connectivity index (χ3v) is 4.18. The van der Waals surface area contributed by atoms with Gasteiger partial charge < -0.3 is 5.32 Å². The topological polar surface area (TPSA) is 29.9 Å². The molecule has 0 spiro atoms. The van der Waals surface area contributed by atoms with E-state index in [4.69, 9.17) is 0 Å². The summed E-state index contributed by atoms with van der Waals surface area (Å²) in [5, 5.41) is 8.07. The van der Waals surface area contributed by atoms with Gasteiger partial charge in [-0.1, -0.05) is 24.3 Å². The summed E-state index contributed by atoms with van der Waals surface area (Å²) in [7, 11) is 0. The molecule has 1 aliphatic rings. The molecule has 1 aromatic carbocycles. The van der Waals surface area contributed by atoms with Crippen LogP contribution in [0.2, 0.25) is 0 Å². The van der Waals surface area contributed by atoms with Gasteiger partial charge in [-0.25, -0.2) is 0 Å². The van der Waals surface area contributed by atoms with Crippen LogP contribution < -0.4 is 5.32 Å². The van der Waals surface area contributed by atoms with Gasteiger partial charge in [0.2, 0.25) is 0 Å². The molecule has 0 aliphatic heterocycles. The molecular weight excluding hydrogens is 246 g/mol. The number of benzene rings is 1. The van der Waals surface area contributed by atoms with Crippen molar-refractivity contribution in [2.45, 2.75) is 39.2 Å². The van der Waals surface area contributed by atoms with Crippen molar-refractivity contribution >= 4 is 0 Å². The molecule has 3 nitrogen and oxygen atoms in total. The zero-order chi connectivity index (χ0) is 13.9. The van der Waals surface area contributed by atoms with E-state index in [0.717, 1.165) is 37.7 Å². The molecule has 0 amide bonds. The van der Waals surface area contributed by atoms with E-state index in [1.807, 2.05) is 0 Å². The van der Waals surface area contributed by atoms with Crippen molar-refractivity contribution in [3.63, 3.8) is 0 Å². The van der Waals surface area contributed by atoms with E-state index in [-0.39, 0.29) is 0 Å². The van der Waals surface area contributed by atoms with E-state index in [9.17, 15) is 0 Å². The molecular formula is C17H23N3. The van der Waals surface area contributed by atoms with E-state index in [1.165, 1.54) is 17.7 Å². The maximum absolute atomic E-state index is 4.49. The second-order valence-corrected chi connectivity index (χ2v) is 5.81. The Kier molecular flexibility index (Phi) is 3.88. The van der Waals surface area contributed by atoms with E-state index < -0.39 is 0 Å². The lowest BCUT2D eigenvalue weighted by atomic mass is 9.77. The molecule has 1 aliphatic carbocycles. The Bertz CT molecular complexity index is 586. The molecule has 3 rings (SSSR count). The first kappa shape index (κ1) is 13.4. The Labute approximate surface area is 121 Å². The number of nitrogens with one attached hydrogen (secondary N) is 1. The SMILES string of the molecule is Cc1cc(C)n(CCCNCC2Cc3ccccc32)n1. The van der Waals surface area contributed by atoms with Gasteiger partial charge in [0.1, 0.15) is 0 Å². The molecule has 1 aromatic heterocycles. The van der Waals surface area contributed by atoms with Crippen molar-refractivity contribution < 1.29 is 0 Å². The average Bonchev–Trinajstić information content (AvgIpc) is 2.72. The third kappa shape index (κ3) is 2.78. The lowest BCUT2D eigenvalue weighted by Gasteiger charge is -2.30. The highest BCUT2D eigenvalue weighted by Crippen LogP contribution is 2.33. The van der Waals surface area contributed by atoms with Gasteiger partial charge in [-0.05, 0) is 50.4 Å². The number of nitrogens with zero attached hydrogens (tertiary/aromatic N) is 2. The summed E-state index contributed by atoms with van der Waals surface area (Å²) < 4.78 is 2.11. The molecule has 1 atom stereocenters. The van der Waals surface area contributed by atoms with Crippen LogP contribution in [0.1, 0.15) is 34.9 Å². The summed E-state index contributed by atoms with van der Waals surface area (Å²) in [6, 6.07) is 10.9. The fraction of sp³-hybridized carbons (Fsp3) is 0.471. The summed E-state index contributed by atoms with van der Waals surface area (Å²) in [5.74, 6) is 0.722. The van der Waals surface area contributed by atoms with Crippen molar-refractivity contribution in [2.24, 2.45) is 0 Å². The number of rotatable bonds is 6. The highest BCUT2D eigenvalue weighted by Gasteiger charge is 2.24. The maximum Gasteiger partial charge on any atom is 0.0596 e. The molecule has 1 unspecified atom stereocenters. The number of fused-ring (bicyclic) bond motifs is 1. The van der Waals surface area contributed by atoms with Gasteiger partial charge in [0.15, 0.2) is 0 Å². The van der Waals surface area contributed by atoms with Crippen LogP contribution in [0, 0.1) is 13.8 Å². The van der Waals surface area contributed by atoms with Gasteiger partial charge in [-0.15, -0.1) is 0 Å². The Morgan fingerprint density at radius 2 is 2.15 bits per heavy atom. The summed E-state index contributed by atoms with van der Waals surface area (Å²) in [6.07, 6.45) is 2.37. The van der Waals surface area contributed by atoms with Gasteiger partial charge >= 0.3 is 0 Å². The fourth-order valence-electron chi connectivity index (χ4n) is 3.08. The van der Waals surface area contributed by atoms with Crippen molar-refractivity contribution in [1.82, 2.24) is 15.1 Å². The maximum atomic E-state index is 4.49. The number of hydrogen-bond acceptors (Lipinski definition) is 2. The average molecular weight is 269 g/mol. The molecule has 1 heterocycles. The van der Waals surface area contributed by atoms with Gasteiger partial charge in [0.05, 0.1) is 5.69 Å². The Hall–Kier alpha value is -1.61. The van der Waals surface area contributed by atoms with Gasteiger partial charge in [0.25, 0.3) is 0 Å². The van der Waals surface area contributed by atoms with Crippen LogP contribution in [0.15, 0.2) is 30.3 Å². The van der Waals surface area contributed by atoms with E-state index in [0.29, 0.717) is 0 Å². The lowest BCUT2D eigenvalue weighted by molar-refractivity contribution is 0.495. The van der Waals surface area contributed by atoms with Crippen LogP contribution in [-0.4, -0.2) is 22.9 Å². The smallest absolute Gasteiger partial charge is 0.0596 e. The first-order valence-corrected chi connectivity index (χ1v) is 7.53. The third-order valence-electron chi connectivity index (χ3n) is 4.18. The van der Waals surface area contributed by atoms with Gasteiger partial charge in [-0.2, -0.15) is 5.10 Å². The zero-order valence-electron chi connectivity index (χ0n) is 12.4. The van der Waals surface area contributed by atoms with Crippen LogP contribution >= 0.6 is 0 Å². The second-order valence-electron chi connectivity index (χ2n) is 5.81. The van der Waals surface area contributed by atoms with Crippen molar-refractivity contribution in [1.29, 1.82) is 0 Å². The van der Waals surface area contributed by atoms with E-state index in [2.05, 4.69) is 59.3 Å². The van der Waals surface area contributed by atoms with Crippen LogP contribution in [0.25, 0.3) is 0 Å². The monoisotopic (exact) mass is 269 g/mol. The summed E-state index contributed by atoms with van der Waals surface area (Å²) in [4.78, 5) is 0. The Morgan fingerprint density at radius 3 is 2.90 bits per heavy atom. The molecule has 0 saturated carbocycles. The Morgan fingerprint density at radius 1 is 1.30 bits per heavy atom. The minimum Gasteiger partial charge on any atom is -0.316 e. The van der Waals surface area contributed by atoms with Crippen LogP contribution in [0.3, 0.4) is 0 Å². The fourth-order valence-corrected chi connectivity index (χ4v) is 3.08. The molecule has 106 valence electrons. The van der Waals surface area contributed by atoms with Crippen LogP contribution in [-0.2, 0) is 13.0 Å². The molecule has 20 heavy (non-hydrogen) atoms. The summed E-state index contributed by atoms with van der Waals surface area (Å²) >= 11 is 0. The largest absolute Gasteiger partial charge is 0.316 e. The molecule has 3 heteroatoms. The number of hydrogen-bond donors (Lipinski definition) is 1. The highest BCUT2D eigenvalue weighted by atomic mass is 15.3. The normalized spacial score (nSPS) is 16.8. The molecule has 1 N–H and O–H groups in total. The van der Waals surface area contributed by atoms with Crippen molar-refractivity contribution in [3.05, 3.63) is 52.8 Å². The second kappa shape index (κ2) is 5.80. The van der Waals surface area contributed by atoms with Gasteiger partial charge in [-0.3, -0.25) is 4.68 Å². The summed E-state index contributed by atoms with van der Waals surface area (Å²) in [5.41, 5.74) is 5.44. The molecule has 2 aromatic rings. The van der Waals surface area contributed by atoms with Crippen molar-refractivity contribution in [3.8, 4) is 0 Å². The standard InChI is InChI=1S/C17H23N3/c1-13-10-14(2)20(19-13)9-5-8-18-12-16-11-15-6-3-4-7-17(15)16/h3-4,6-7,10,16,18H,5,8-9,11-12H2,1-2H3. The minimum absolute atomic E-state index is 0.722.